The molecule has 0 aromatic carbocycles. The summed E-state index contributed by atoms with van der Waals surface area (Å²) >= 11 is 0. The zero-order valence-corrected chi connectivity index (χ0v) is 11.4. The average molecular weight is 240 g/mol. The van der Waals surface area contributed by atoms with Gasteiger partial charge in [-0.15, -0.1) is 0 Å². The van der Waals surface area contributed by atoms with Crippen molar-refractivity contribution >= 4 is 0 Å². The molecule has 0 aromatic heterocycles. The van der Waals surface area contributed by atoms with Gasteiger partial charge in [0.2, 0.25) is 0 Å². The predicted molar refractivity (Wildman–Crippen MR) is 71.2 cm³/mol. The minimum atomic E-state index is 0.575. The van der Waals surface area contributed by atoms with Gasteiger partial charge in [-0.2, -0.15) is 0 Å². The van der Waals surface area contributed by atoms with E-state index in [0.29, 0.717) is 12.0 Å². The monoisotopic (exact) mass is 240 g/mol. The summed E-state index contributed by atoms with van der Waals surface area (Å²) in [5.41, 5.74) is 0. The molecule has 100 valence electrons. The van der Waals surface area contributed by atoms with Gasteiger partial charge in [-0.25, -0.2) is 0 Å². The van der Waals surface area contributed by atoms with E-state index in [9.17, 15) is 0 Å². The predicted octanol–water partition coefficient (Wildman–Crippen LogP) is 1.78. The highest BCUT2D eigenvalue weighted by molar-refractivity contribution is 4.94. The normalized spacial score (nSPS) is 36.4. The lowest BCUT2D eigenvalue weighted by Gasteiger charge is -2.19. The number of hydrogen-bond donors (Lipinski definition) is 2. The first-order chi connectivity index (χ1) is 8.35. The molecule has 2 fully saturated rings. The molecule has 4 unspecified atom stereocenters. The van der Waals surface area contributed by atoms with Gasteiger partial charge in [0.1, 0.15) is 0 Å². The van der Waals surface area contributed by atoms with E-state index >= 15 is 0 Å². The Morgan fingerprint density at radius 3 is 2.65 bits per heavy atom. The second kappa shape index (κ2) is 6.72. The molecule has 17 heavy (non-hydrogen) atoms. The van der Waals surface area contributed by atoms with Gasteiger partial charge >= 0.3 is 0 Å². The molecule has 1 aliphatic heterocycles. The second-order valence-electron chi connectivity index (χ2n) is 5.66. The molecule has 0 radical (unpaired) electrons. The van der Waals surface area contributed by atoms with E-state index in [2.05, 4.69) is 24.5 Å². The van der Waals surface area contributed by atoms with Gasteiger partial charge in [-0.1, -0.05) is 20.3 Å². The second-order valence-corrected chi connectivity index (χ2v) is 5.66. The van der Waals surface area contributed by atoms with Crippen LogP contribution in [0.1, 0.15) is 39.5 Å². The SMILES string of the molecule is CCCNC1COCC1CNC1CC1CCC. The molecule has 0 amide bonds. The summed E-state index contributed by atoms with van der Waals surface area (Å²) in [5.74, 6) is 1.63. The van der Waals surface area contributed by atoms with Gasteiger partial charge < -0.3 is 15.4 Å². The quantitative estimate of drug-likeness (QED) is 0.678. The maximum absolute atomic E-state index is 5.59. The fraction of sp³-hybridized carbons (Fsp3) is 1.00. The maximum atomic E-state index is 5.59. The maximum Gasteiger partial charge on any atom is 0.0623 e. The summed E-state index contributed by atoms with van der Waals surface area (Å²) in [6.45, 7) is 8.58. The van der Waals surface area contributed by atoms with E-state index in [4.69, 9.17) is 4.74 Å². The van der Waals surface area contributed by atoms with Crippen molar-refractivity contribution in [3.63, 3.8) is 0 Å². The molecular weight excluding hydrogens is 212 g/mol. The smallest absolute Gasteiger partial charge is 0.0623 e. The van der Waals surface area contributed by atoms with Crippen LogP contribution < -0.4 is 10.6 Å². The molecule has 3 nitrogen and oxygen atoms in total. The van der Waals surface area contributed by atoms with E-state index in [-0.39, 0.29) is 0 Å². The van der Waals surface area contributed by atoms with Gasteiger partial charge in [0.15, 0.2) is 0 Å². The zero-order valence-electron chi connectivity index (χ0n) is 11.4. The summed E-state index contributed by atoms with van der Waals surface area (Å²) < 4.78 is 5.59. The minimum Gasteiger partial charge on any atom is -0.379 e. The van der Waals surface area contributed by atoms with E-state index < -0.39 is 0 Å². The summed E-state index contributed by atoms with van der Waals surface area (Å²) in [6.07, 6.45) is 5.33. The Balaban J connectivity index is 1.61. The Kier molecular flexibility index (Phi) is 5.26. The third-order valence-electron chi connectivity index (χ3n) is 4.08. The van der Waals surface area contributed by atoms with Crippen molar-refractivity contribution in [1.82, 2.24) is 10.6 Å². The van der Waals surface area contributed by atoms with Gasteiger partial charge in [-0.05, 0) is 31.7 Å². The standard InChI is InChI=1S/C14H28N2O/c1-3-5-11-7-13(11)16-8-12-9-17-10-14(12)15-6-4-2/h11-16H,3-10H2,1-2H3. The molecular formula is C14H28N2O. The highest BCUT2D eigenvalue weighted by Crippen LogP contribution is 2.34. The molecule has 2 aliphatic rings. The molecule has 0 aromatic rings. The average Bonchev–Trinajstić information content (AvgIpc) is 2.92. The number of ether oxygens (including phenoxy) is 1. The van der Waals surface area contributed by atoms with Crippen LogP contribution in [0.15, 0.2) is 0 Å². The van der Waals surface area contributed by atoms with E-state index in [1.165, 1.54) is 25.7 Å². The Morgan fingerprint density at radius 1 is 1.00 bits per heavy atom. The molecule has 1 heterocycles. The molecule has 2 N–H and O–H groups in total. The van der Waals surface area contributed by atoms with Gasteiger partial charge in [0, 0.05) is 24.5 Å². The van der Waals surface area contributed by atoms with Crippen molar-refractivity contribution in [3.05, 3.63) is 0 Å². The summed E-state index contributed by atoms with van der Waals surface area (Å²) in [5, 5.41) is 7.32. The van der Waals surface area contributed by atoms with Crippen molar-refractivity contribution in [1.29, 1.82) is 0 Å². The van der Waals surface area contributed by atoms with Crippen molar-refractivity contribution in [2.45, 2.75) is 51.6 Å². The van der Waals surface area contributed by atoms with Crippen molar-refractivity contribution in [3.8, 4) is 0 Å². The molecule has 1 saturated carbocycles. The lowest BCUT2D eigenvalue weighted by Crippen LogP contribution is -2.41. The van der Waals surface area contributed by atoms with Crippen LogP contribution in [0, 0.1) is 11.8 Å². The topological polar surface area (TPSA) is 33.3 Å². The Labute approximate surface area is 106 Å². The van der Waals surface area contributed by atoms with Crippen molar-refractivity contribution in [2.24, 2.45) is 11.8 Å². The van der Waals surface area contributed by atoms with Crippen molar-refractivity contribution in [2.75, 3.05) is 26.3 Å². The van der Waals surface area contributed by atoms with Crippen molar-refractivity contribution < 1.29 is 4.74 Å². The van der Waals surface area contributed by atoms with Crippen LogP contribution in [0.4, 0.5) is 0 Å². The first-order valence-electron chi connectivity index (χ1n) is 7.39. The number of hydrogen-bond acceptors (Lipinski definition) is 3. The molecule has 1 aliphatic carbocycles. The van der Waals surface area contributed by atoms with Crippen LogP contribution in [0.5, 0.6) is 0 Å². The number of rotatable bonds is 8. The van der Waals surface area contributed by atoms with Crippen LogP contribution >= 0.6 is 0 Å². The summed E-state index contributed by atoms with van der Waals surface area (Å²) in [4.78, 5) is 0. The molecule has 3 heteroatoms. The van der Waals surface area contributed by atoms with Crippen LogP contribution in [0.2, 0.25) is 0 Å². The summed E-state index contributed by atoms with van der Waals surface area (Å²) in [7, 11) is 0. The Bertz CT molecular complexity index is 222. The van der Waals surface area contributed by atoms with Gasteiger partial charge in [0.25, 0.3) is 0 Å². The molecule has 0 bridgehead atoms. The molecule has 4 atom stereocenters. The highest BCUT2D eigenvalue weighted by atomic mass is 16.5. The van der Waals surface area contributed by atoms with Crippen LogP contribution in [0.3, 0.4) is 0 Å². The third-order valence-corrected chi connectivity index (χ3v) is 4.08. The Morgan fingerprint density at radius 2 is 1.88 bits per heavy atom. The minimum absolute atomic E-state index is 0.575. The molecule has 2 rings (SSSR count). The van der Waals surface area contributed by atoms with Gasteiger partial charge in [-0.3, -0.25) is 0 Å². The van der Waals surface area contributed by atoms with E-state index in [1.807, 2.05) is 0 Å². The lowest BCUT2D eigenvalue weighted by molar-refractivity contribution is 0.182. The lowest BCUT2D eigenvalue weighted by atomic mass is 10.0. The molecule has 1 saturated heterocycles. The number of nitrogens with one attached hydrogen (secondary N) is 2. The molecule has 0 spiro atoms. The van der Waals surface area contributed by atoms with Crippen LogP contribution in [-0.4, -0.2) is 38.4 Å². The van der Waals surface area contributed by atoms with E-state index in [0.717, 1.165) is 38.3 Å². The zero-order chi connectivity index (χ0) is 12.1. The fourth-order valence-corrected chi connectivity index (χ4v) is 2.85. The third kappa shape index (κ3) is 3.94. The van der Waals surface area contributed by atoms with Crippen LogP contribution in [0.25, 0.3) is 0 Å². The van der Waals surface area contributed by atoms with E-state index in [1.54, 1.807) is 0 Å². The largest absolute Gasteiger partial charge is 0.379 e. The fourth-order valence-electron chi connectivity index (χ4n) is 2.85. The first-order valence-corrected chi connectivity index (χ1v) is 7.39. The first kappa shape index (κ1) is 13.3. The Hall–Kier alpha value is -0.120. The highest BCUT2D eigenvalue weighted by Gasteiger charge is 2.37. The van der Waals surface area contributed by atoms with Crippen LogP contribution in [-0.2, 0) is 4.74 Å². The van der Waals surface area contributed by atoms with Gasteiger partial charge in [0.05, 0.1) is 13.2 Å². The summed E-state index contributed by atoms with van der Waals surface area (Å²) in [6, 6.07) is 1.38.